The number of rotatable bonds is 5. The van der Waals surface area contributed by atoms with E-state index in [1.54, 1.807) is 25.3 Å². The molecule has 0 spiro atoms. The van der Waals surface area contributed by atoms with Crippen molar-refractivity contribution < 1.29 is 4.74 Å². The first-order valence-corrected chi connectivity index (χ1v) is 7.44. The van der Waals surface area contributed by atoms with E-state index in [9.17, 15) is 4.79 Å². The van der Waals surface area contributed by atoms with Gasteiger partial charge in [-0.1, -0.05) is 11.6 Å². The minimum Gasteiger partial charge on any atom is -0.377 e. The monoisotopic (exact) mass is 307 g/mol. The second-order valence-electron chi connectivity index (χ2n) is 5.52. The number of methoxy groups -OCH3 is 1. The van der Waals surface area contributed by atoms with Crippen LogP contribution < -0.4 is 10.9 Å². The molecule has 0 radical (unpaired) electrons. The molecule has 1 aliphatic carbocycles. The summed E-state index contributed by atoms with van der Waals surface area (Å²) in [5.74, 6) is 0.611. The standard InChI is InChI=1S/C15H18ClN3O2/c1-21-15(5-2-6-15)9-17-8-13-18-12-7-10(16)3-4-11(12)14(20)19-13/h3-4,7,17H,2,5-6,8-9H2,1H3,(H,18,19,20). The number of H-pyrrole nitrogens is 1. The first kappa shape index (κ1) is 14.5. The van der Waals surface area contributed by atoms with Gasteiger partial charge in [0.15, 0.2) is 0 Å². The summed E-state index contributed by atoms with van der Waals surface area (Å²) in [4.78, 5) is 19.2. The van der Waals surface area contributed by atoms with E-state index in [2.05, 4.69) is 15.3 Å². The number of hydrogen-bond donors (Lipinski definition) is 2. The molecule has 0 bridgehead atoms. The highest BCUT2D eigenvalue weighted by Gasteiger charge is 2.36. The lowest BCUT2D eigenvalue weighted by Crippen LogP contribution is -2.47. The Morgan fingerprint density at radius 2 is 2.29 bits per heavy atom. The molecule has 0 unspecified atom stereocenters. The average Bonchev–Trinajstić information content (AvgIpc) is 2.41. The summed E-state index contributed by atoms with van der Waals surface area (Å²) in [7, 11) is 1.75. The number of ether oxygens (including phenoxy) is 1. The molecule has 112 valence electrons. The SMILES string of the molecule is COC1(CNCc2nc3cc(Cl)ccc3c(=O)[nH]2)CCC1. The van der Waals surface area contributed by atoms with E-state index in [1.807, 2.05) is 0 Å². The summed E-state index contributed by atoms with van der Waals surface area (Å²) in [6, 6.07) is 5.09. The van der Waals surface area contributed by atoms with Crippen molar-refractivity contribution in [1.29, 1.82) is 0 Å². The van der Waals surface area contributed by atoms with Crippen LogP contribution in [0.2, 0.25) is 5.02 Å². The van der Waals surface area contributed by atoms with Gasteiger partial charge in [-0.3, -0.25) is 4.79 Å². The molecule has 1 aromatic heterocycles. The Kier molecular flexibility index (Phi) is 3.97. The van der Waals surface area contributed by atoms with Gasteiger partial charge in [-0.05, 0) is 37.5 Å². The van der Waals surface area contributed by atoms with E-state index >= 15 is 0 Å². The molecule has 3 rings (SSSR count). The molecule has 2 N–H and O–H groups in total. The Morgan fingerprint density at radius 1 is 1.48 bits per heavy atom. The minimum absolute atomic E-state index is 0.0412. The molecule has 1 heterocycles. The lowest BCUT2D eigenvalue weighted by atomic mass is 9.80. The van der Waals surface area contributed by atoms with Crippen molar-refractivity contribution in [2.75, 3.05) is 13.7 Å². The summed E-state index contributed by atoms with van der Waals surface area (Å²) in [5, 5.41) is 4.44. The summed E-state index contributed by atoms with van der Waals surface area (Å²) in [6.07, 6.45) is 3.36. The normalized spacial score (nSPS) is 16.9. The molecular weight excluding hydrogens is 290 g/mol. The van der Waals surface area contributed by atoms with Gasteiger partial charge in [-0.2, -0.15) is 0 Å². The van der Waals surface area contributed by atoms with Crippen LogP contribution in [0.5, 0.6) is 0 Å². The highest BCUT2D eigenvalue weighted by atomic mass is 35.5. The molecule has 1 fully saturated rings. The predicted octanol–water partition coefficient (Wildman–Crippen LogP) is 2.24. The lowest BCUT2D eigenvalue weighted by Gasteiger charge is -2.40. The second kappa shape index (κ2) is 5.75. The molecule has 1 aromatic carbocycles. The number of halogens is 1. The van der Waals surface area contributed by atoms with Crippen LogP contribution in [0.25, 0.3) is 10.9 Å². The highest BCUT2D eigenvalue weighted by molar-refractivity contribution is 6.31. The van der Waals surface area contributed by atoms with Crippen molar-refractivity contribution in [3.8, 4) is 0 Å². The number of aromatic nitrogens is 2. The molecule has 5 nitrogen and oxygen atoms in total. The van der Waals surface area contributed by atoms with Gasteiger partial charge in [0.1, 0.15) is 5.82 Å². The predicted molar refractivity (Wildman–Crippen MR) is 82.7 cm³/mol. The van der Waals surface area contributed by atoms with Crippen molar-refractivity contribution in [2.24, 2.45) is 0 Å². The van der Waals surface area contributed by atoms with Crippen molar-refractivity contribution in [2.45, 2.75) is 31.4 Å². The summed E-state index contributed by atoms with van der Waals surface area (Å²) in [5.41, 5.74) is 0.437. The van der Waals surface area contributed by atoms with Gasteiger partial charge in [0.2, 0.25) is 0 Å². The van der Waals surface area contributed by atoms with Gasteiger partial charge in [0.25, 0.3) is 5.56 Å². The zero-order chi connectivity index (χ0) is 14.9. The van der Waals surface area contributed by atoms with Gasteiger partial charge in [-0.15, -0.1) is 0 Å². The molecule has 0 amide bonds. The van der Waals surface area contributed by atoms with E-state index in [0.29, 0.717) is 28.3 Å². The third kappa shape index (κ3) is 2.95. The summed E-state index contributed by atoms with van der Waals surface area (Å²) < 4.78 is 5.55. The van der Waals surface area contributed by atoms with Crippen LogP contribution in [0.3, 0.4) is 0 Å². The lowest BCUT2D eigenvalue weighted by molar-refractivity contribution is -0.0696. The van der Waals surface area contributed by atoms with Gasteiger partial charge in [-0.25, -0.2) is 4.98 Å². The van der Waals surface area contributed by atoms with Crippen molar-refractivity contribution in [3.63, 3.8) is 0 Å². The average molecular weight is 308 g/mol. The summed E-state index contributed by atoms with van der Waals surface area (Å²) in [6.45, 7) is 1.27. The van der Waals surface area contributed by atoms with Crippen molar-refractivity contribution in [1.82, 2.24) is 15.3 Å². The molecule has 21 heavy (non-hydrogen) atoms. The van der Waals surface area contributed by atoms with Crippen LogP contribution in [0, 0.1) is 0 Å². The third-order valence-corrected chi connectivity index (χ3v) is 4.39. The van der Waals surface area contributed by atoms with Crippen LogP contribution in [0.15, 0.2) is 23.0 Å². The number of nitrogens with one attached hydrogen (secondary N) is 2. The van der Waals surface area contributed by atoms with Crippen molar-refractivity contribution >= 4 is 22.5 Å². The zero-order valence-corrected chi connectivity index (χ0v) is 12.7. The number of hydrogen-bond acceptors (Lipinski definition) is 4. The molecule has 1 aliphatic rings. The number of fused-ring (bicyclic) bond motifs is 1. The fraction of sp³-hybridized carbons (Fsp3) is 0.467. The first-order valence-electron chi connectivity index (χ1n) is 7.06. The van der Waals surface area contributed by atoms with Crippen LogP contribution in [-0.4, -0.2) is 29.2 Å². The second-order valence-corrected chi connectivity index (χ2v) is 5.95. The quantitative estimate of drug-likeness (QED) is 0.889. The number of benzene rings is 1. The van der Waals surface area contributed by atoms with E-state index in [-0.39, 0.29) is 11.2 Å². The molecule has 0 aliphatic heterocycles. The molecule has 2 aromatic rings. The van der Waals surface area contributed by atoms with Crippen LogP contribution in [0.4, 0.5) is 0 Å². The van der Waals surface area contributed by atoms with Crippen LogP contribution in [-0.2, 0) is 11.3 Å². The van der Waals surface area contributed by atoms with E-state index < -0.39 is 0 Å². The maximum absolute atomic E-state index is 12.0. The van der Waals surface area contributed by atoms with E-state index in [1.165, 1.54) is 6.42 Å². The Balaban J connectivity index is 1.73. The fourth-order valence-electron chi connectivity index (χ4n) is 2.68. The molecule has 0 atom stereocenters. The first-order chi connectivity index (χ1) is 10.1. The smallest absolute Gasteiger partial charge is 0.258 e. The maximum Gasteiger partial charge on any atom is 0.258 e. The topological polar surface area (TPSA) is 67.0 Å². The van der Waals surface area contributed by atoms with Crippen LogP contribution in [0.1, 0.15) is 25.1 Å². The molecule has 6 heteroatoms. The Bertz CT molecular complexity index is 704. The third-order valence-electron chi connectivity index (χ3n) is 4.16. The van der Waals surface area contributed by atoms with Crippen molar-refractivity contribution in [3.05, 3.63) is 39.4 Å². The van der Waals surface area contributed by atoms with Crippen LogP contribution >= 0.6 is 11.6 Å². The van der Waals surface area contributed by atoms with Gasteiger partial charge in [0.05, 0.1) is 23.0 Å². The Hall–Kier alpha value is -1.43. The molecular formula is C15H18ClN3O2. The van der Waals surface area contributed by atoms with Gasteiger partial charge < -0.3 is 15.0 Å². The largest absolute Gasteiger partial charge is 0.377 e. The zero-order valence-electron chi connectivity index (χ0n) is 11.9. The number of aromatic amines is 1. The Morgan fingerprint density at radius 3 is 2.95 bits per heavy atom. The highest BCUT2D eigenvalue weighted by Crippen LogP contribution is 2.34. The fourth-order valence-corrected chi connectivity index (χ4v) is 2.84. The van der Waals surface area contributed by atoms with Gasteiger partial charge >= 0.3 is 0 Å². The maximum atomic E-state index is 12.0. The summed E-state index contributed by atoms with van der Waals surface area (Å²) >= 11 is 5.95. The van der Waals surface area contributed by atoms with E-state index in [0.717, 1.165) is 19.4 Å². The van der Waals surface area contributed by atoms with E-state index in [4.69, 9.17) is 16.3 Å². The number of nitrogens with zero attached hydrogens (tertiary/aromatic N) is 1. The molecule has 0 saturated heterocycles. The Labute approximate surface area is 127 Å². The minimum atomic E-state index is -0.140. The van der Waals surface area contributed by atoms with Gasteiger partial charge in [0, 0.05) is 18.7 Å². The molecule has 1 saturated carbocycles.